The van der Waals surface area contributed by atoms with E-state index in [9.17, 15) is 18.0 Å². The molecule has 2 aromatic carbocycles. The van der Waals surface area contributed by atoms with E-state index in [0.717, 1.165) is 10.7 Å². The summed E-state index contributed by atoms with van der Waals surface area (Å²) in [4.78, 5) is 24.0. The van der Waals surface area contributed by atoms with Crippen LogP contribution in [0.15, 0.2) is 41.3 Å². The molecule has 0 aromatic heterocycles. The molecule has 2 N–H and O–H groups in total. The normalized spacial score (nSPS) is 15.0. The zero-order valence-electron chi connectivity index (χ0n) is 17.5. The lowest BCUT2D eigenvalue weighted by Crippen LogP contribution is -2.49. The van der Waals surface area contributed by atoms with Gasteiger partial charge in [0.25, 0.3) is 5.91 Å². The van der Waals surface area contributed by atoms with E-state index in [4.69, 9.17) is 0 Å². The maximum Gasteiger partial charge on any atom is 0.251 e. The van der Waals surface area contributed by atoms with Crippen LogP contribution in [0.4, 0.5) is 0 Å². The van der Waals surface area contributed by atoms with Crippen molar-refractivity contribution in [2.75, 3.05) is 26.2 Å². The average Bonchev–Trinajstić information content (AvgIpc) is 2.70. The Morgan fingerprint density at radius 1 is 1.10 bits per heavy atom. The van der Waals surface area contributed by atoms with E-state index in [2.05, 4.69) is 43.5 Å². The topological polar surface area (TPSA) is 95.6 Å². The zero-order valence-corrected chi connectivity index (χ0v) is 18.3. The number of carbonyl (C=O) groups is 2. The van der Waals surface area contributed by atoms with Crippen molar-refractivity contribution in [2.45, 2.75) is 32.1 Å². The Kier molecular flexibility index (Phi) is 6.58. The van der Waals surface area contributed by atoms with Gasteiger partial charge in [-0.15, -0.1) is 0 Å². The van der Waals surface area contributed by atoms with Crippen molar-refractivity contribution >= 4 is 21.8 Å². The molecule has 8 heteroatoms. The molecule has 3 rings (SSSR count). The largest absolute Gasteiger partial charge is 0.354 e. The smallest absolute Gasteiger partial charge is 0.251 e. The molecule has 0 spiro atoms. The Balaban J connectivity index is 1.62. The first kappa shape index (κ1) is 22.0. The third-order valence-electron chi connectivity index (χ3n) is 5.26. The number of nitrogens with one attached hydrogen (secondary N) is 2. The molecule has 2 amide bonds. The van der Waals surface area contributed by atoms with Crippen LogP contribution in [0.2, 0.25) is 0 Å². The molecule has 0 unspecified atom stereocenters. The van der Waals surface area contributed by atoms with Crippen molar-refractivity contribution in [1.82, 2.24) is 14.9 Å². The van der Waals surface area contributed by atoms with Gasteiger partial charge in [-0.2, -0.15) is 4.31 Å². The van der Waals surface area contributed by atoms with Gasteiger partial charge in [0, 0.05) is 25.2 Å². The summed E-state index contributed by atoms with van der Waals surface area (Å²) in [5, 5.41) is 5.49. The highest BCUT2D eigenvalue weighted by Crippen LogP contribution is 2.18. The summed E-state index contributed by atoms with van der Waals surface area (Å²) in [6.45, 7) is 7.03. The lowest BCUT2D eigenvalue weighted by atomic mass is 9.97. The predicted molar refractivity (Wildman–Crippen MR) is 115 cm³/mol. The van der Waals surface area contributed by atoms with Crippen LogP contribution in [-0.4, -0.2) is 50.7 Å². The minimum Gasteiger partial charge on any atom is -0.354 e. The summed E-state index contributed by atoms with van der Waals surface area (Å²) < 4.78 is 26.5. The van der Waals surface area contributed by atoms with Gasteiger partial charge in [0.2, 0.25) is 15.9 Å². The molecule has 160 valence electrons. The quantitative estimate of drug-likeness (QED) is 0.731. The molecule has 2 aromatic rings. The SMILES string of the molecule is Cc1cc(C)c(CCNC(=O)c2ccc(S(=O)(=O)N3CCNC(=O)C3)cc2)c(C)c1. The van der Waals surface area contributed by atoms with Gasteiger partial charge in [0.1, 0.15) is 0 Å². The predicted octanol–water partition coefficient (Wildman–Crippen LogP) is 1.70. The first-order valence-corrected chi connectivity index (χ1v) is 11.3. The number of hydrogen-bond acceptors (Lipinski definition) is 4. The molecule has 1 fully saturated rings. The van der Waals surface area contributed by atoms with E-state index >= 15 is 0 Å². The van der Waals surface area contributed by atoms with Crippen LogP contribution >= 0.6 is 0 Å². The number of nitrogens with zero attached hydrogens (tertiary/aromatic N) is 1. The lowest BCUT2D eigenvalue weighted by Gasteiger charge is -2.25. The molecule has 0 bridgehead atoms. The summed E-state index contributed by atoms with van der Waals surface area (Å²) >= 11 is 0. The maximum absolute atomic E-state index is 12.7. The summed E-state index contributed by atoms with van der Waals surface area (Å²) in [6.07, 6.45) is 0.729. The molecule has 7 nitrogen and oxygen atoms in total. The second-order valence-corrected chi connectivity index (χ2v) is 9.53. The number of aryl methyl sites for hydroxylation is 3. The average molecular weight is 430 g/mol. The second-order valence-electron chi connectivity index (χ2n) is 7.60. The highest BCUT2D eigenvalue weighted by Gasteiger charge is 2.29. The van der Waals surface area contributed by atoms with Gasteiger partial charge in [-0.25, -0.2) is 8.42 Å². The summed E-state index contributed by atoms with van der Waals surface area (Å²) in [6, 6.07) is 10.1. The number of piperazine rings is 1. The van der Waals surface area contributed by atoms with E-state index in [1.807, 2.05) is 0 Å². The Bertz CT molecular complexity index is 1040. The lowest BCUT2D eigenvalue weighted by molar-refractivity contribution is -0.122. The highest BCUT2D eigenvalue weighted by molar-refractivity contribution is 7.89. The number of benzene rings is 2. The summed E-state index contributed by atoms with van der Waals surface area (Å²) in [5.74, 6) is -0.571. The monoisotopic (exact) mass is 429 g/mol. The van der Waals surface area contributed by atoms with Gasteiger partial charge >= 0.3 is 0 Å². The minimum atomic E-state index is -3.76. The molecule has 0 atom stereocenters. The molecule has 1 aliphatic rings. The number of rotatable bonds is 6. The fourth-order valence-electron chi connectivity index (χ4n) is 3.76. The van der Waals surface area contributed by atoms with Gasteiger partial charge in [-0.3, -0.25) is 9.59 Å². The first-order valence-electron chi connectivity index (χ1n) is 9.90. The fourth-order valence-corrected chi connectivity index (χ4v) is 5.15. The molecular formula is C22H27N3O4S. The standard InChI is InChI=1S/C22H27N3O4S/c1-15-12-16(2)20(17(3)13-15)8-9-24-22(27)18-4-6-19(7-5-18)30(28,29)25-11-10-23-21(26)14-25/h4-7,12-13H,8-11,14H2,1-3H3,(H,23,26)(H,24,27). The molecule has 0 aliphatic carbocycles. The Hall–Kier alpha value is -2.71. The number of sulfonamides is 1. The third-order valence-corrected chi connectivity index (χ3v) is 7.12. The first-order chi connectivity index (χ1) is 14.2. The van der Waals surface area contributed by atoms with Crippen molar-refractivity contribution in [2.24, 2.45) is 0 Å². The molecule has 1 heterocycles. The van der Waals surface area contributed by atoms with Crippen LogP contribution in [0.1, 0.15) is 32.6 Å². The molecular weight excluding hydrogens is 402 g/mol. The number of amides is 2. The second kappa shape index (κ2) is 8.97. The zero-order chi connectivity index (χ0) is 21.9. The summed E-state index contributed by atoms with van der Waals surface area (Å²) in [5.41, 5.74) is 5.26. The Labute approximate surface area is 177 Å². The van der Waals surface area contributed by atoms with Crippen LogP contribution in [0.5, 0.6) is 0 Å². The van der Waals surface area contributed by atoms with Gasteiger partial charge in [0.15, 0.2) is 0 Å². The van der Waals surface area contributed by atoms with E-state index in [0.29, 0.717) is 18.7 Å². The van der Waals surface area contributed by atoms with Crippen molar-refractivity contribution in [3.8, 4) is 0 Å². The van der Waals surface area contributed by atoms with Gasteiger partial charge in [0.05, 0.1) is 11.4 Å². The molecule has 1 aliphatic heterocycles. The number of carbonyl (C=O) groups excluding carboxylic acids is 2. The van der Waals surface area contributed by atoms with Crippen LogP contribution in [0.3, 0.4) is 0 Å². The van der Waals surface area contributed by atoms with Crippen LogP contribution in [0.25, 0.3) is 0 Å². The molecule has 0 radical (unpaired) electrons. The van der Waals surface area contributed by atoms with Gasteiger partial charge < -0.3 is 10.6 Å². The number of hydrogen-bond donors (Lipinski definition) is 2. The van der Waals surface area contributed by atoms with Crippen molar-refractivity contribution < 1.29 is 18.0 Å². The van der Waals surface area contributed by atoms with E-state index in [1.165, 1.54) is 46.5 Å². The molecule has 1 saturated heterocycles. The van der Waals surface area contributed by atoms with Crippen molar-refractivity contribution in [3.63, 3.8) is 0 Å². The highest BCUT2D eigenvalue weighted by atomic mass is 32.2. The molecule has 0 saturated carbocycles. The minimum absolute atomic E-state index is 0.0691. The van der Waals surface area contributed by atoms with Gasteiger partial charge in [-0.05, 0) is 68.1 Å². The third kappa shape index (κ3) is 4.88. The molecule has 30 heavy (non-hydrogen) atoms. The van der Waals surface area contributed by atoms with Crippen LogP contribution < -0.4 is 10.6 Å². The maximum atomic E-state index is 12.7. The van der Waals surface area contributed by atoms with Gasteiger partial charge in [-0.1, -0.05) is 17.7 Å². The Morgan fingerprint density at radius 3 is 2.33 bits per heavy atom. The van der Waals surface area contributed by atoms with Crippen LogP contribution in [-0.2, 0) is 21.2 Å². The fraction of sp³-hybridized carbons (Fsp3) is 0.364. The summed E-state index contributed by atoms with van der Waals surface area (Å²) in [7, 11) is -3.76. The Morgan fingerprint density at radius 2 is 1.73 bits per heavy atom. The van der Waals surface area contributed by atoms with E-state index in [1.54, 1.807) is 0 Å². The van der Waals surface area contributed by atoms with Crippen molar-refractivity contribution in [3.05, 3.63) is 64.2 Å². The van der Waals surface area contributed by atoms with E-state index < -0.39 is 10.0 Å². The van der Waals surface area contributed by atoms with Crippen LogP contribution in [0, 0.1) is 20.8 Å². The van der Waals surface area contributed by atoms with Crippen molar-refractivity contribution in [1.29, 1.82) is 0 Å². The van der Waals surface area contributed by atoms with E-state index in [-0.39, 0.29) is 29.8 Å².